The van der Waals surface area contributed by atoms with Crippen LogP contribution in [0.5, 0.6) is 0 Å². The zero-order chi connectivity index (χ0) is 14.4. The molecule has 2 fully saturated rings. The van der Waals surface area contributed by atoms with Crippen molar-refractivity contribution >= 4 is 11.8 Å². The minimum Gasteiger partial charge on any atom is -0.353 e. The van der Waals surface area contributed by atoms with Crippen LogP contribution in [0.15, 0.2) is 0 Å². The number of piperidine rings is 1. The van der Waals surface area contributed by atoms with Crippen LogP contribution in [0, 0.1) is 5.92 Å². The van der Waals surface area contributed by atoms with Gasteiger partial charge in [0.05, 0.1) is 0 Å². The summed E-state index contributed by atoms with van der Waals surface area (Å²) in [6.45, 7) is 3.85. The van der Waals surface area contributed by atoms with E-state index in [1.54, 1.807) is 0 Å². The van der Waals surface area contributed by atoms with Crippen molar-refractivity contribution in [2.75, 3.05) is 13.1 Å². The standard InChI is InChI=1S/C15H27N3O2/c1-11(17-15(20)12-4-2-3-5-12)10-14(19)18-13-6-8-16-9-7-13/h11-13,16H,2-10H2,1H3,(H,17,20)(H,18,19). The molecule has 114 valence electrons. The first-order chi connectivity index (χ1) is 9.65. The van der Waals surface area contributed by atoms with Gasteiger partial charge in [0.15, 0.2) is 0 Å². The molecule has 1 saturated carbocycles. The van der Waals surface area contributed by atoms with Crippen molar-refractivity contribution in [2.45, 2.75) is 64.0 Å². The van der Waals surface area contributed by atoms with Crippen LogP contribution in [0.2, 0.25) is 0 Å². The Kier molecular flexibility index (Phi) is 5.83. The predicted molar refractivity (Wildman–Crippen MR) is 78.2 cm³/mol. The van der Waals surface area contributed by atoms with E-state index in [2.05, 4.69) is 16.0 Å². The van der Waals surface area contributed by atoms with E-state index in [4.69, 9.17) is 0 Å². The fourth-order valence-corrected chi connectivity index (χ4v) is 3.13. The second kappa shape index (κ2) is 7.62. The molecule has 0 aromatic rings. The quantitative estimate of drug-likeness (QED) is 0.702. The van der Waals surface area contributed by atoms with E-state index in [1.807, 2.05) is 6.92 Å². The summed E-state index contributed by atoms with van der Waals surface area (Å²) in [4.78, 5) is 23.9. The Hall–Kier alpha value is -1.10. The lowest BCUT2D eigenvalue weighted by Gasteiger charge is -2.24. The molecule has 1 saturated heterocycles. The number of hydrogen-bond acceptors (Lipinski definition) is 3. The molecule has 1 aliphatic carbocycles. The first kappa shape index (κ1) is 15.3. The predicted octanol–water partition coefficient (Wildman–Crippen LogP) is 0.940. The summed E-state index contributed by atoms with van der Waals surface area (Å²) in [7, 11) is 0. The Morgan fingerprint density at radius 3 is 2.45 bits per heavy atom. The van der Waals surface area contributed by atoms with Crippen molar-refractivity contribution in [2.24, 2.45) is 5.92 Å². The molecule has 1 atom stereocenters. The van der Waals surface area contributed by atoms with Gasteiger partial charge < -0.3 is 16.0 Å². The number of hydrogen-bond donors (Lipinski definition) is 3. The van der Waals surface area contributed by atoms with Crippen LogP contribution in [0.4, 0.5) is 0 Å². The third-order valence-corrected chi connectivity index (χ3v) is 4.31. The summed E-state index contributed by atoms with van der Waals surface area (Å²) in [5.74, 6) is 0.353. The molecule has 3 N–H and O–H groups in total. The molecule has 2 amide bonds. The van der Waals surface area contributed by atoms with Gasteiger partial charge in [-0.1, -0.05) is 12.8 Å². The molecular formula is C15H27N3O2. The van der Waals surface area contributed by atoms with Gasteiger partial charge in [-0.15, -0.1) is 0 Å². The maximum Gasteiger partial charge on any atom is 0.223 e. The van der Waals surface area contributed by atoms with Gasteiger partial charge in [-0.3, -0.25) is 9.59 Å². The van der Waals surface area contributed by atoms with Gasteiger partial charge >= 0.3 is 0 Å². The van der Waals surface area contributed by atoms with Gasteiger partial charge in [-0.2, -0.15) is 0 Å². The molecular weight excluding hydrogens is 254 g/mol. The number of nitrogens with one attached hydrogen (secondary N) is 3. The lowest BCUT2D eigenvalue weighted by molar-refractivity contribution is -0.126. The summed E-state index contributed by atoms with van der Waals surface area (Å²) in [5, 5.41) is 9.32. The molecule has 0 radical (unpaired) electrons. The molecule has 1 unspecified atom stereocenters. The van der Waals surface area contributed by atoms with Crippen molar-refractivity contribution in [3.05, 3.63) is 0 Å². The molecule has 5 nitrogen and oxygen atoms in total. The lowest BCUT2D eigenvalue weighted by atomic mass is 10.1. The lowest BCUT2D eigenvalue weighted by Crippen LogP contribution is -2.45. The van der Waals surface area contributed by atoms with Crippen molar-refractivity contribution in [3.63, 3.8) is 0 Å². The minimum atomic E-state index is -0.0789. The van der Waals surface area contributed by atoms with Crippen molar-refractivity contribution in [3.8, 4) is 0 Å². The van der Waals surface area contributed by atoms with Gasteiger partial charge in [0, 0.05) is 24.4 Å². The van der Waals surface area contributed by atoms with E-state index >= 15 is 0 Å². The molecule has 0 spiro atoms. The first-order valence-corrected chi connectivity index (χ1v) is 7.95. The number of carbonyl (C=O) groups is 2. The van der Waals surface area contributed by atoms with E-state index < -0.39 is 0 Å². The second-order valence-electron chi connectivity index (χ2n) is 6.19. The van der Waals surface area contributed by atoms with Crippen LogP contribution < -0.4 is 16.0 Å². The molecule has 0 aromatic heterocycles. The van der Waals surface area contributed by atoms with Crippen LogP contribution in [0.25, 0.3) is 0 Å². The van der Waals surface area contributed by atoms with E-state index in [9.17, 15) is 9.59 Å². The van der Waals surface area contributed by atoms with Gasteiger partial charge in [0.25, 0.3) is 0 Å². The third kappa shape index (κ3) is 4.78. The highest BCUT2D eigenvalue weighted by atomic mass is 16.2. The van der Waals surface area contributed by atoms with E-state index in [0.717, 1.165) is 51.6 Å². The van der Waals surface area contributed by atoms with Crippen molar-refractivity contribution in [1.82, 2.24) is 16.0 Å². The highest BCUT2D eigenvalue weighted by molar-refractivity contribution is 5.81. The van der Waals surface area contributed by atoms with E-state index in [0.29, 0.717) is 12.5 Å². The van der Waals surface area contributed by atoms with E-state index in [1.165, 1.54) is 0 Å². The molecule has 0 aromatic carbocycles. The molecule has 0 bridgehead atoms. The highest BCUT2D eigenvalue weighted by Crippen LogP contribution is 2.24. The van der Waals surface area contributed by atoms with Crippen LogP contribution in [-0.2, 0) is 9.59 Å². The monoisotopic (exact) mass is 281 g/mol. The Bertz CT molecular complexity index is 334. The normalized spacial score (nSPS) is 22.4. The molecule has 1 heterocycles. The molecule has 20 heavy (non-hydrogen) atoms. The first-order valence-electron chi connectivity index (χ1n) is 7.95. The second-order valence-corrected chi connectivity index (χ2v) is 6.19. The summed E-state index contributed by atoms with van der Waals surface area (Å²) in [5.41, 5.74) is 0. The summed E-state index contributed by atoms with van der Waals surface area (Å²) >= 11 is 0. The minimum absolute atomic E-state index is 0.0520. The number of carbonyl (C=O) groups excluding carboxylic acids is 2. The van der Waals surface area contributed by atoms with Crippen LogP contribution >= 0.6 is 0 Å². The molecule has 2 rings (SSSR count). The zero-order valence-corrected chi connectivity index (χ0v) is 12.4. The third-order valence-electron chi connectivity index (χ3n) is 4.31. The largest absolute Gasteiger partial charge is 0.353 e. The Morgan fingerprint density at radius 2 is 1.80 bits per heavy atom. The molecule has 2 aliphatic rings. The van der Waals surface area contributed by atoms with E-state index in [-0.39, 0.29) is 23.8 Å². The fraction of sp³-hybridized carbons (Fsp3) is 0.867. The van der Waals surface area contributed by atoms with Crippen molar-refractivity contribution < 1.29 is 9.59 Å². The van der Waals surface area contributed by atoms with Crippen LogP contribution in [0.1, 0.15) is 51.9 Å². The zero-order valence-electron chi connectivity index (χ0n) is 12.4. The molecule has 5 heteroatoms. The maximum atomic E-state index is 12.0. The smallest absolute Gasteiger partial charge is 0.223 e. The summed E-state index contributed by atoms with van der Waals surface area (Å²) in [6, 6.07) is 0.214. The Morgan fingerprint density at radius 1 is 1.15 bits per heavy atom. The van der Waals surface area contributed by atoms with Crippen molar-refractivity contribution in [1.29, 1.82) is 0 Å². The average molecular weight is 281 g/mol. The fourth-order valence-electron chi connectivity index (χ4n) is 3.13. The maximum absolute atomic E-state index is 12.0. The van der Waals surface area contributed by atoms with Gasteiger partial charge in [0.2, 0.25) is 11.8 Å². The number of amides is 2. The van der Waals surface area contributed by atoms with Crippen LogP contribution in [-0.4, -0.2) is 37.0 Å². The van der Waals surface area contributed by atoms with Gasteiger partial charge in [-0.25, -0.2) is 0 Å². The van der Waals surface area contributed by atoms with Crippen LogP contribution in [0.3, 0.4) is 0 Å². The summed E-state index contributed by atoms with van der Waals surface area (Å²) < 4.78 is 0. The van der Waals surface area contributed by atoms with Gasteiger partial charge in [0.1, 0.15) is 0 Å². The summed E-state index contributed by atoms with van der Waals surface area (Å²) in [6.07, 6.45) is 6.68. The van der Waals surface area contributed by atoms with Gasteiger partial charge in [-0.05, 0) is 45.7 Å². The average Bonchev–Trinajstić information content (AvgIpc) is 2.93. The number of rotatable bonds is 5. The Labute approximate surface area is 121 Å². The SMILES string of the molecule is CC(CC(=O)NC1CCNCC1)NC(=O)C1CCCC1. The Balaban J connectivity index is 1.66. The molecule has 1 aliphatic heterocycles. The topological polar surface area (TPSA) is 70.2 Å². The highest BCUT2D eigenvalue weighted by Gasteiger charge is 2.24.